The molecule has 0 saturated carbocycles. The summed E-state index contributed by atoms with van der Waals surface area (Å²) in [5.74, 6) is 0.847. The summed E-state index contributed by atoms with van der Waals surface area (Å²) in [6.45, 7) is 5.66. The molecule has 1 aliphatic heterocycles. The molecule has 1 aromatic rings. The molecular weight excluding hydrogens is 194 g/mol. The monoisotopic (exact) mass is 217 g/mol. The molecule has 1 nitrogen and oxygen atoms in total. The summed E-state index contributed by atoms with van der Waals surface area (Å²) < 4.78 is 0. The van der Waals surface area contributed by atoms with Crippen LogP contribution in [0.5, 0.6) is 0 Å². The summed E-state index contributed by atoms with van der Waals surface area (Å²) >= 11 is 0. The maximum absolute atomic E-state index is 3.60. The van der Waals surface area contributed by atoms with Crippen molar-refractivity contribution in [3.8, 4) is 0 Å². The molecule has 1 heteroatoms. The van der Waals surface area contributed by atoms with Gasteiger partial charge in [0.05, 0.1) is 0 Å². The molecule has 0 amide bonds. The number of fused-ring (bicyclic) bond motifs is 1. The maximum Gasteiger partial charge on any atom is 0.0375 e. The molecule has 1 aromatic carbocycles. The molecule has 1 aliphatic rings. The van der Waals surface area contributed by atoms with Gasteiger partial charge in [-0.2, -0.15) is 0 Å². The van der Waals surface area contributed by atoms with Crippen LogP contribution in [0.1, 0.15) is 44.2 Å². The summed E-state index contributed by atoms with van der Waals surface area (Å²) in [7, 11) is 0. The van der Waals surface area contributed by atoms with Gasteiger partial charge in [0.25, 0.3) is 0 Å². The van der Waals surface area contributed by atoms with Gasteiger partial charge in [-0.05, 0) is 42.4 Å². The van der Waals surface area contributed by atoms with Crippen molar-refractivity contribution < 1.29 is 0 Å². The Kier molecular flexibility index (Phi) is 3.87. The highest BCUT2D eigenvalue weighted by molar-refractivity contribution is 5.55. The molecule has 0 aliphatic carbocycles. The van der Waals surface area contributed by atoms with Gasteiger partial charge in [-0.3, -0.25) is 0 Å². The van der Waals surface area contributed by atoms with E-state index in [1.807, 2.05) is 0 Å². The van der Waals surface area contributed by atoms with E-state index in [1.165, 1.54) is 49.0 Å². The normalized spacial score (nSPS) is 19.0. The molecule has 1 N–H and O–H groups in total. The first-order chi connectivity index (χ1) is 7.83. The summed E-state index contributed by atoms with van der Waals surface area (Å²) in [5.41, 5.74) is 4.34. The van der Waals surface area contributed by atoms with Gasteiger partial charge in [0, 0.05) is 12.2 Å². The zero-order chi connectivity index (χ0) is 11.4. The van der Waals surface area contributed by atoms with Crippen molar-refractivity contribution in [2.75, 3.05) is 11.9 Å². The van der Waals surface area contributed by atoms with Crippen molar-refractivity contribution >= 4 is 5.69 Å². The van der Waals surface area contributed by atoms with Crippen LogP contribution < -0.4 is 5.32 Å². The highest BCUT2D eigenvalue weighted by Crippen LogP contribution is 2.28. The number of hydrogen-bond acceptors (Lipinski definition) is 1. The van der Waals surface area contributed by atoms with E-state index in [0.717, 1.165) is 12.3 Å². The fourth-order valence-corrected chi connectivity index (χ4v) is 2.52. The van der Waals surface area contributed by atoms with Gasteiger partial charge in [-0.1, -0.05) is 38.8 Å². The number of benzene rings is 1. The third-order valence-corrected chi connectivity index (χ3v) is 3.64. The van der Waals surface area contributed by atoms with Gasteiger partial charge in [0.15, 0.2) is 0 Å². The Morgan fingerprint density at radius 3 is 2.94 bits per heavy atom. The lowest BCUT2D eigenvalue weighted by Gasteiger charge is -2.26. The summed E-state index contributed by atoms with van der Waals surface area (Å²) in [6, 6.07) is 6.92. The van der Waals surface area contributed by atoms with E-state index in [9.17, 15) is 0 Å². The van der Waals surface area contributed by atoms with Gasteiger partial charge in [0.2, 0.25) is 0 Å². The largest absolute Gasteiger partial charge is 0.385 e. The Hall–Kier alpha value is -0.980. The first-order valence-electron chi connectivity index (χ1n) is 6.69. The predicted molar refractivity (Wildman–Crippen MR) is 71.0 cm³/mol. The molecule has 0 aromatic heterocycles. The Labute approximate surface area is 99.3 Å². The number of hydrogen-bond donors (Lipinski definition) is 1. The summed E-state index contributed by atoms with van der Waals surface area (Å²) in [6.07, 6.45) is 6.46. The highest BCUT2D eigenvalue weighted by atomic mass is 14.9. The smallest absolute Gasteiger partial charge is 0.0375 e. The first-order valence-corrected chi connectivity index (χ1v) is 6.69. The van der Waals surface area contributed by atoms with Crippen LogP contribution in [-0.4, -0.2) is 6.54 Å². The zero-order valence-electron chi connectivity index (χ0n) is 10.6. The molecule has 1 atom stereocenters. The minimum atomic E-state index is 0.847. The van der Waals surface area contributed by atoms with Gasteiger partial charge in [0.1, 0.15) is 0 Å². The molecule has 16 heavy (non-hydrogen) atoms. The Morgan fingerprint density at radius 1 is 1.31 bits per heavy atom. The van der Waals surface area contributed by atoms with Gasteiger partial charge >= 0.3 is 0 Å². The molecule has 2 rings (SSSR count). The maximum atomic E-state index is 3.60. The predicted octanol–water partition coefficient (Wildman–Crippen LogP) is 4.02. The molecule has 88 valence electrons. The lowest BCUT2D eigenvalue weighted by Crippen LogP contribution is -2.23. The van der Waals surface area contributed by atoms with E-state index in [-0.39, 0.29) is 0 Å². The standard InChI is InChI=1S/C15H23N/c1-3-5-6-13-9-14-8-7-12(4-2)10-15(14)16-11-13/h7-8,10,13,16H,3-6,9,11H2,1-2H3. The molecular formula is C15H23N. The van der Waals surface area contributed by atoms with Crippen LogP contribution in [0.15, 0.2) is 18.2 Å². The van der Waals surface area contributed by atoms with Gasteiger partial charge < -0.3 is 5.32 Å². The molecule has 1 unspecified atom stereocenters. The van der Waals surface area contributed by atoms with Crippen LogP contribution in [0.25, 0.3) is 0 Å². The van der Waals surface area contributed by atoms with Crippen molar-refractivity contribution in [2.24, 2.45) is 5.92 Å². The number of unbranched alkanes of at least 4 members (excludes halogenated alkanes) is 1. The van der Waals surface area contributed by atoms with E-state index in [4.69, 9.17) is 0 Å². The number of nitrogens with one attached hydrogen (secondary N) is 1. The Bertz CT molecular complexity index is 343. The fourth-order valence-electron chi connectivity index (χ4n) is 2.52. The van der Waals surface area contributed by atoms with Crippen molar-refractivity contribution in [1.82, 2.24) is 0 Å². The minimum Gasteiger partial charge on any atom is -0.385 e. The molecule has 0 bridgehead atoms. The fraction of sp³-hybridized carbons (Fsp3) is 0.600. The highest BCUT2D eigenvalue weighted by Gasteiger charge is 2.17. The van der Waals surface area contributed by atoms with E-state index >= 15 is 0 Å². The van der Waals surface area contributed by atoms with Crippen LogP contribution in [0.3, 0.4) is 0 Å². The van der Waals surface area contributed by atoms with Crippen molar-refractivity contribution in [2.45, 2.75) is 46.0 Å². The van der Waals surface area contributed by atoms with E-state index < -0.39 is 0 Å². The van der Waals surface area contributed by atoms with Gasteiger partial charge in [-0.25, -0.2) is 0 Å². The summed E-state index contributed by atoms with van der Waals surface area (Å²) in [5, 5.41) is 3.60. The van der Waals surface area contributed by atoms with Crippen LogP contribution in [-0.2, 0) is 12.8 Å². The number of aryl methyl sites for hydroxylation is 1. The molecule has 0 saturated heterocycles. The molecule has 0 fully saturated rings. The minimum absolute atomic E-state index is 0.847. The molecule has 0 radical (unpaired) electrons. The number of rotatable bonds is 4. The Morgan fingerprint density at radius 2 is 2.19 bits per heavy atom. The lowest BCUT2D eigenvalue weighted by atomic mass is 9.89. The topological polar surface area (TPSA) is 12.0 Å². The third kappa shape index (κ3) is 2.58. The van der Waals surface area contributed by atoms with Crippen LogP contribution in [0, 0.1) is 5.92 Å². The Balaban J connectivity index is 2.04. The zero-order valence-corrected chi connectivity index (χ0v) is 10.6. The average molecular weight is 217 g/mol. The first kappa shape index (κ1) is 11.5. The quantitative estimate of drug-likeness (QED) is 0.803. The second kappa shape index (κ2) is 5.38. The summed E-state index contributed by atoms with van der Waals surface area (Å²) in [4.78, 5) is 0. The SMILES string of the molecule is CCCCC1CNc2cc(CC)ccc2C1. The molecule has 1 heterocycles. The second-order valence-electron chi connectivity index (χ2n) is 4.94. The van der Waals surface area contributed by atoms with E-state index in [2.05, 4.69) is 37.4 Å². The van der Waals surface area contributed by atoms with Crippen molar-refractivity contribution in [3.63, 3.8) is 0 Å². The average Bonchev–Trinajstić information content (AvgIpc) is 2.35. The lowest BCUT2D eigenvalue weighted by molar-refractivity contribution is 0.474. The van der Waals surface area contributed by atoms with Gasteiger partial charge in [-0.15, -0.1) is 0 Å². The van der Waals surface area contributed by atoms with Crippen molar-refractivity contribution in [3.05, 3.63) is 29.3 Å². The number of anilines is 1. The van der Waals surface area contributed by atoms with E-state index in [0.29, 0.717) is 0 Å². The van der Waals surface area contributed by atoms with Crippen LogP contribution in [0.2, 0.25) is 0 Å². The van der Waals surface area contributed by atoms with E-state index in [1.54, 1.807) is 0 Å². The molecule has 0 spiro atoms. The third-order valence-electron chi connectivity index (χ3n) is 3.64. The van der Waals surface area contributed by atoms with Crippen molar-refractivity contribution in [1.29, 1.82) is 0 Å². The van der Waals surface area contributed by atoms with Crippen LogP contribution in [0.4, 0.5) is 5.69 Å². The van der Waals surface area contributed by atoms with Crippen LogP contribution >= 0.6 is 0 Å². The second-order valence-corrected chi connectivity index (χ2v) is 4.94.